The molecule has 2 unspecified atom stereocenters. The first-order chi connectivity index (χ1) is 10.8. The first kappa shape index (κ1) is 15.8. The number of ether oxygens (including phenoxy) is 1. The van der Waals surface area contributed by atoms with Gasteiger partial charge in [0.05, 0.1) is 12.1 Å². The van der Waals surface area contributed by atoms with Crippen molar-refractivity contribution in [2.75, 3.05) is 7.11 Å². The van der Waals surface area contributed by atoms with Crippen LogP contribution in [0.4, 0.5) is 0 Å². The van der Waals surface area contributed by atoms with Gasteiger partial charge in [0.2, 0.25) is 0 Å². The molecule has 0 aromatic heterocycles. The van der Waals surface area contributed by atoms with E-state index in [0.29, 0.717) is 21.4 Å². The molecular formula is C20H28ClNO. The molecule has 4 atom stereocenters. The molecule has 3 heteroatoms. The Bertz CT molecular complexity index is 610. The van der Waals surface area contributed by atoms with Crippen molar-refractivity contribution in [2.45, 2.75) is 64.5 Å². The Balaban J connectivity index is 1.52. The molecule has 1 aromatic rings. The number of halogens is 1. The van der Waals surface area contributed by atoms with E-state index < -0.39 is 0 Å². The summed E-state index contributed by atoms with van der Waals surface area (Å²) < 4.78 is 5.25. The summed E-state index contributed by atoms with van der Waals surface area (Å²) in [5.74, 6) is 1.68. The monoisotopic (exact) mass is 333 g/mol. The van der Waals surface area contributed by atoms with Crippen LogP contribution < -0.4 is 10.1 Å². The number of hydrogen-bond donors (Lipinski definition) is 1. The van der Waals surface area contributed by atoms with Crippen LogP contribution in [-0.4, -0.2) is 12.6 Å². The van der Waals surface area contributed by atoms with E-state index in [0.717, 1.165) is 18.2 Å². The van der Waals surface area contributed by atoms with Crippen molar-refractivity contribution < 1.29 is 4.74 Å². The predicted octanol–water partition coefficient (Wildman–Crippen LogP) is 5.19. The van der Waals surface area contributed by atoms with Crippen LogP contribution >= 0.6 is 11.6 Å². The highest BCUT2D eigenvalue weighted by Gasteiger charge is 2.59. The normalized spacial score (nSPS) is 41.3. The Labute approximate surface area is 144 Å². The molecule has 1 N–H and O–H groups in total. The van der Waals surface area contributed by atoms with Crippen LogP contribution in [0.2, 0.25) is 5.02 Å². The smallest absolute Gasteiger partial charge is 0.137 e. The van der Waals surface area contributed by atoms with E-state index in [9.17, 15) is 0 Å². The van der Waals surface area contributed by atoms with Gasteiger partial charge < -0.3 is 10.1 Å². The van der Waals surface area contributed by atoms with Crippen molar-refractivity contribution in [3.8, 4) is 5.75 Å². The van der Waals surface area contributed by atoms with Gasteiger partial charge in [-0.25, -0.2) is 0 Å². The second-order valence-electron chi connectivity index (χ2n) is 9.23. The van der Waals surface area contributed by atoms with Gasteiger partial charge in [-0.3, -0.25) is 0 Å². The van der Waals surface area contributed by atoms with Crippen LogP contribution in [0.1, 0.15) is 57.9 Å². The van der Waals surface area contributed by atoms with Crippen LogP contribution in [0.3, 0.4) is 0 Å². The summed E-state index contributed by atoms with van der Waals surface area (Å²) in [4.78, 5) is 0. The zero-order valence-electron chi connectivity index (χ0n) is 14.5. The molecule has 4 saturated carbocycles. The average molecular weight is 334 g/mol. The molecule has 4 fully saturated rings. The summed E-state index contributed by atoms with van der Waals surface area (Å²) >= 11 is 6.28. The maximum atomic E-state index is 6.28. The van der Waals surface area contributed by atoms with Gasteiger partial charge in [0.1, 0.15) is 5.75 Å². The number of benzene rings is 1. The molecule has 5 rings (SSSR count). The van der Waals surface area contributed by atoms with E-state index in [1.807, 2.05) is 12.1 Å². The third-order valence-corrected chi connectivity index (χ3v) is 6.81. The third kappa shape index (κ3) is 2.78. The van der Waals surface area contributed by atoms with Gasteiger partial charge in [-0.2, -0.15) is 0 Å². The first-order valence-corrected chi connectivity index (χ1v) is 9.28. The van der Waals surface area contributed by atoms with Gasteiger partial charge in [-0.05, 0) is 73.0 Å². The van der Waals surface area contributed by atoms with E-state index in [1.54, 1.807) is 7.11 Å². The fraction of sp³-hybridized carbons (Fsp3) is 0.700. The van der Waals surface area contributed by atoms with Crippen LogP contribution in [-0.2, 0) is 6.54 Å². The minimum Gasteiger partial charge on any atom is -0.495 e. The third-order valence-electron chi connectivity index (χ3n) is 6.51. The Morgan fingerprint density at radius 2 is 1.83 bits per heavy atom. The number of rotatable bonds is 4. The summed E-state index contributed by atoms with van der Waals surface area (Å²) in [5.41, 5.74) is 2.70. The van der Waals surface area contributed by atoms with Crippen molar-refractivity contribution in [1.29, 1.82) is 0 Å². The molecule has 4 aliphatic rings. The molecule has 2 nitrogen and oxygen atoms in total. The average Bonchev–Trinajstić information content (AvgIpc) is 2.41. The lowest BCUT2D eigenvalue weighted by Crippen LogP contribution is -2.63. The molecule has 4 aliphatic carbocycles. The maximum Gasteiger partial charge on any atom is 0.137 e. The second kappa shape index (κ2) is 5.13. The van der Waals surface area contributed by atoms with E-state index in [4.69, 9.17) is 16.3 Å². The van der Waals surface area contributed by atoms with Gasteiger partial charge >= 0.3 is 0 Å². The molecule has 126 valence electrons. The van der Waals surface area contributed by atoms with Crippen molar-refractivity contribution in [3.63, 3.8) is 0 Å². The number of methoxy groups -OCH3 is 1. The Hall–Kier alpha value is -0.730. The van der Waals surface area contributed by atoms with E-state index in [2.05, 4.69) is 25.2 Å². The summed E-state index contributed by atoms with van der Waals surface area (Å²) in [6, 6.07) is 6.14. The van der Waals surface area contributed by atoms with Gasteiger partial charge in [-0.1, -0.05) is 31.5 Å². The summed E-state index contributed by atoms with van der Waals surface area (Å²) in [6.07, 6.45) is 8.36. The van der Waals surface area contributed by atoms with E-state index in [1.165, 1.54) is 44.1 Å². The molecule has 0 saturated heterocycles. The molecule has 0 amide bonds. The molecular weight excluding hydrogens is 306 g/mol. The summed E-state index contributed by atoms with van der Waals surface area (Å²) in [7, 11) is 1.66. The minimum atomic E-state index is 0.343. The van der Waals surface area contributed by atoms with Crippen LogP contribution in [0.15, 0.2) is 18.2 Å². The number of hydrogen-bond acceptors (Lipinski definition) is 2. The molecule has 23 heavy (non-hydrogen) atoms. The lowest BCUT2D eigenvalue weighted by molar-refractivity contribution is -0.118. The highest BCUT2D eigenvalue weighted by molar-refractivity contribution is 6.32. The number of nitrogens with one attached hydrogen (secondary N) is 1. The molecule has 0 heterocycles. The highest BCUT2D eigenvalue weighted by atomic mass is 35.5. The van der Waals surface area contributed by atoms with Crippen molar-refractivity contribution in [2.24, 2.45) is 16.7 Å². The Morgan fingerprint density at radius 3 is 2.39 bits per heavy atom. The topological polar surface area (TPSA) is 21.3 Å². The summed E-state index contributed by atoms with van der Waals surface area (Å²) in [6.45, 7) is 5.95. The molecule has 4 bridgehead atoms. The molecule has 1 aromatic carbocycles. The lowest BCUT2D eigenvalue weighted by Gasteiger charge is -2.65. The zero-order chi connectivity index (χ0) is 16.3. The van der Waals surface area contributed by atoms with Crippen molar-refractivity contribution in [1.82, 2.24) is 5.32 Å². The highest BCUT2D eigenvalue weighted by Crippen LogP contribution is 2.66. The Morgan fingerprint density at radius 1 is 1.13 bits per heavy atom. The van der Waals surface area contributed by atoms with Crippen molar-refractivity contribution in [3.05, 3.63) is 28.8 Å². The fourth-order valence-corrected chi connectivity index (χ4v) is 7.03. The van der Waals surface area contributed by atoms with Crippen LogP contribution in [0.25, 0.3) is 0 Å². The molecule has 0 spiro atoms. The maximum absolute atomic E-state index is 6.28. The van der Waals surface area contributed by atoms with E-state index >= 15 is 0 Å². The standard InChI is InChI=1S/C20H28ClNO/c1-18-7-15-8-19(2,11-18)13-20(9-15,12-18)22-10-14-4-5-17(23-3)16(21)6-14/h4-6,15,22H,7-13H2,1-3H3/t15?,18-,19+,20?. The minimum absolute atomic E-state index is 0.343. The lowest BCUT2D eigenvalue weighted by atomic mass is 9.43. The van der Waals surface area contributed by atoms with Gasteiger partial charge in [0.15, 0.2) is 0 Å². The Kier molecular flexibility index (Phi) is 3.52. The second-order valence-corrected chi connectivity index (χ2v) is 9.64. The van der Waals surface area contributed by atoms with Crippen LogP contribution in [0, 0.1) is 16.7 Å². The summed E-state index contributed by atoms with van der Waals surface area (Å²) in [5, 5.41) is 4.66. The zero-order valence-corrected chi connectivity index (χ0v) is 15.3. The van der Waals surface area contributed by atoms with Gasteiger partial charge in [0, 0.05) is 12.1 Å². The molecule has 0 aliphatic heterocycles. The first-order valence-electron chi connectivity index (χ1n) is 8.90. The molecule has 0 radical (unpaired) electrons. The SMILES string of the molecule is COc1ccc(CNC23CC4C[C@@](C)(C2)C[C@](C)(C4)C3)cc1Cl. The van der Waals surface area contributed by atoms with Crippen molar-refractivity contribution >= 4 is 11.6 Å². The fourth-order valence-electron chi connectivity index (χ4n) is 6.75. The van der Waals surface area contributed by atoms with Crippen LogP contribution in [0.5, 0.6) is 5.75 Å². The van der Waals surface area contributed by atoms with Gasteiger partial charge in [-0.15, -0.1) is 0 Å². The van der Waals surface area contributed by atoms with Gasteiger partial charge in [0.25, 0.3) is 0 Å². The van der Waals surface area contributed by atoms with E-state index in [-0.39, 0.29) is 0 Å². The predicted molar refractivity (Wildman–Crippen MR) is 95.0 cm³/mol. The quantitative estimate of drug-likeness (QED) is 0.819. The largest absolute Gasteiger partial charge is 0.495 e.